The van der Waals surface area contributed by atoms with E-state index in [0.29, 0.717) is 26.2 Å². The molecule has 0 unspecified atom stereocenters. The third-order valence-electron chi connectivity index (χ3n) is 4.82. The van der Waals surface area contributed by atoms with Gasteiger partial charge in [0.25, 0.3) is 0 Å². The predicted octanol–water partition coefficient (Wildman–Crippen LogP) is 1.68. The summed E-state index contributed by atoms with van der Waals surface area (Å²) in [6.45, 7) is 7.00. The molecule has 0 amide bonds. The molecular weight excluding hydrogens is 343 g/mol. The van der Waals surface area contributed by atoms with Crippen LogP contribution in [0.5, 0.6) is 0 Å². The summed E-state index contributed by atoms with van der Waals surface area (Å²) in [5, 5.41) is 4.43. The van der Waals surface area contributed by atoms with Crippen molar-refractivity contribution in [3.63, 3.8) is 0 Å². The molecule has 1 fully saturated rings. The summed E-state index contributed by atoms with van der Waals surface area (Å²) in [6, 6.07) is 4.99. The van der Waals surface area contributed by atoms with Crippen LogP contribution >= 0.6 is 0 Å². The lowest BCUT2D eigenvalue weighted by molar-refractivity contribution is 0.181. The first-order valence-electron chi connectivity index (χ1n) is 8.26. The van der Waals surface area contributed by atoms with Crippen LogP contribution in [0.1, 0.15) is 17.0 Å². The molecule has 0 spiro atoms. The molecule has 0 radical (unpaired) electrons. The Hall–Kier alpha value is -1.77. The van der Waals surface area contributed by atoms with Gasteiger partial charge < -0.3 is 0 Å². The number of sulfonamides is 1. The van der Waals surface area contributed by atoms with Gasteiger partial charge in [0.2, 0.25) is 10.0 Å². The van der Waals surface area contributed by atoms with Crippen molar-refractivity contribution in [1.29, 1.82) is 0 Å². The third-order valence-corrected chi connectivity index (χ3v) is 6.74. The minimum Gasteiger partial charge on any atom is -0.296 e. The Morgan fingerprint density at radius 2 is 1.68 bits per heavy atom. The first kappa shape index (κ1) is 18.0. The van der Waals surface area contributed by atoms with E-state index < -0.39 is 15.8 Å². The number of aromatic nitrogens is 2. The molecule has 3 rings (SSSR count). The standard InChI is InChI=1S/C17H23FN4O2S/c1-13-17(14(2)20(3)19-13)12-21-8-10-22(11-9-21)25(23,24)16-6-4-15(18)5-7-16/h4-7H,8-12H2,1-3H3. The summed E-state index contributed by atoms with van der Waals surface area (Å²) in [7, 11) is -1.63. The topological polar surface area (TPSA) is 58.4 Å². The SMILES string of the molecule is Cc1nn(C)c(C)c1CN1CCN(S(=O)(=O)c2ccc(F)cc2)CC1. The molecule has 25 heavy (non-hydrogen) atoms. The number of benzene rings is 1. The number of halogens is 1. The smallest absolute Gasteiger partial charge is 0.243 e. The zero-order valence-electron chi connectivity index (χ0n) is 14.7. The van der Waals surface area contributed by atoms with Crippen molar-refractivity contribution in [2.24, 2.45) is 7.05 Å². The Morgan fingerprint density at radius 1 is 1.08 bits per heavy atom. The van der Waals surface area contributed by atoms with E-state index >= 15 is 0 Å². The molecule has 136 valence electrons. The van der Waals surface area contributed by atoms with Crippen molar-refractivity contribution in [2.75, 3.05) is 26.2 Å². The molecule has 1 aliphatic rings. The van der Waals surface area contributed by atoms with E-state index in [1.54, 1.807) is 0 Å². The number of piperazine rings is 1. The second-order valence-electron chi connectivity index (χ2n) is 6.41. The first-order chi connectivity index (χ1) is 11.8. The van der Waals surface area contributed by atoms with Gasteiger partial charge in [-0.05, 0) is 38.1 Å². The number of hydrogen-bond donors (Lipinski definition) is 0. The Morgan fingerprint density at radius 3 is 2.20 bits per heavy atom. The van der Waals surface area contributed by atoms with Crippen LogP contribution in [0.3, 0.4) is 0 Å². The fourth-order valence-corrected chi connectivity index (χ4v) is 4.58. The Balaban J connectivity index is 1.66. The summed E-state index contributed by atoms with van der Waals surface area (Å²) >= 11 is 0. The van der Waals surface area contributed by atoms with E-state index in [1.165, 1.54) is 34.1 Å². The summed E-state index contributed by atoms with van der Waals surface area (Å²) < 4.78 is 41.7. The molecule has 1 saturated heterocycles. The van der Waals surface area contributed by atoms with Crippen molar-refractivity contribution in [1.82, 2.24) is 19.0 Å². The van der Waals surface area contributed by atoms with Gasteiger partial charge in [-0.15, -0.1) is 0 Å². The van der Waals surface area contributed by atoms with Crippen molar-refractivity contribution in [3.8, 4) is 0 Å². The number of rotatable bonds is 4. The average Bonchev–Trinajstić information content (AvgIpc) is 2.82. The van der Waals surface area contributed by atoms with Crippen molar-refractivity contribution >= 4 is 10.0 Å². The molecule has 1 aliphatic heterocycles. The molecule has 6 nitrogen and oxygen atoms in total. The Kier molecular flexibility index (Phi) is 4.95. The van der Waals surface area contributed by atoms with Crippen molar-refractivity contribution in [3.05, 3.63) is 47.0 Å². The molecule has 2 aromatic rings. The maximum atomic E-state index is 13.0. The monoisotopic (exact) mass is 366 g/mol. The van der Waals surface area contributed by atoms with Gasteiger partial charge in [0.1, 0.15) is 5.82 Å². The lowest BCUT2D eigenvalue weighted by Crippen LogP contribution is -2.48. The van der Waals surface area contributed by atoms with Gasteiger partial charge in [0.05, 0.1) is 10.6 Å². The van der Waals surface area contributed by atoms with E-state index in [2.05, 4.69) is 10.00 Å². The highest BCUT2D eigenvalue weighted by Gasteiger charge is 2.29. The zero-order chi connectivity index (χ0) is 18.2. The van der Waals surface area contributed by atoms with E-state index in [4.69, 9.17) is 0 Å². The predicted molar refractivity (Wildman–Crippen MR) is 93.1 cm³/mol. The summed E-state index contributed by atoms with van der Waals surface area (Å²) in [5.41, 5.74) is 3.36. The zero-order valence-corrected chi connectivity index (χ0v) is 15.6. The minimum absolute atomic E-state index is 0.140. The largest absolute Gasteiger partial charge is 0.296 e. The van der Waals surface area contributed by atoms with Crippen LogP contribution in [0.25, 0.3) is 0 Å². The van der Waals surface area contributed by atoms with E-state index in [0.717, 1.165) is 17.9 Å². The average molecular weight is 366 g/mol. The van der Waals surface area contributed by atoms with Gasteiger partial charge in [-0.2, -0.15) is 9.40 Å². The van der Waals surface area contributed by atoms with Crippen LogP contribution in [-0.4, -0.2) is 53.6 Å². The molecule has 0 bridgehead atoms. The summed E-state index contributed by atoms with van der Waals surface area (Å²) in [5.74, 6) is -0.439. The van der Waals surface area contributed by atoms with Crippen LogP contribution in [0.15, 0.2) is 29.2 Å². The molecule has 8 heteroatoms. The normalized spacial score (nSPS) is 17.1. The summed E-state index contributed by atoms with van der Waals surface area (Å²) in [4.78, 5) is 2.38. The van der Waals surface area contributed by atoms with Gasteiger partial charge in [0.15, 0.2) is 0 Å². The molecule has 0 N–H and O–H groups in total. The van der Waals surface area contributed by atoms with Crippen LogP contribution in [-0.2, 0) is 23.6 Å². The van der Waals surface area contributed by atoms with Gasteiger partial charge in [-0.25, -0.2) is 12.8 Å². The van der Waals surface area contributed by atoms with Gasteiger partial charge in [0, 0.05) is 51.0 Å². The number of nitrogens with zero attached hydrogens (tertiary/aromatic N) is 4. The van der Waals surface area contributed by atoms with Gasteiger partial charge in [-0.1, -0.05) is 0 Å². The van der Waals surface area contributed by atoms with Crippen LogP contribution < -0.4 is 0 Å². The highest BCUT2D eigenvalue weighted by Crippen LogP contribution is 2.20. The van der Waals surface area contributed by atoms with E-state index in [-0.39, 0.29) is 4.90 Å². The van der Waals surface area contributed by atoms with Crippen molar-refractivity contribution < 1.29 is 12.8 Å². The van der Waals surface area contributed by atoms with E-state index in [9.17, 15) is 12.8 Å². The molecule has 1 aromatic carbocycles. The molecule has 0 aliphatic carbocycles. The maximum absolute atomic E-state index is 13.0. The highest BCUT2D eigenvalue weighted by atomic mass is 32.2. The van der Waals surface area contributed by atoms with E-state index in [1.807, 2.05) is 25.6 Å². The molecule has 1 aromatic heterocycles. The lowest BCUT2D eigenvalue weighted by Gasteiger charge is -2.34. The lowest BCUT2D eigenvalue weighted by atomic mass is 10.1. The third kappa shape index (κ3) is 3.61. The Labute approximate surface area is 147 Å². The molecule has 2 heterocycles. The van der Waals surface area contributed by atoms with Gasteiger partial charge in [-0.3, -0.25) is 9.58 Å². The quantitative estimate of drug-likeness (QED) is 0.826. The fraction of sp³-hybridized carbons (Fsp3) is 0.471. The Bertz CT molecular complexity index is 854. The first-order valence-corrected chi connectivity index (χ1v) is 9.70. The molecule has 0 saturated carbocycles. The minimum atomic E-state index is -3.56. The van der Waals surface area contributed by atoms with Crippen LogP contribution in [0, 0.1) is 19.7 Å². The number of aryl methyl sites for hydroxylation is 2. The number of hydrogen-bond acceptors (Lipinski definition) is 4. The summed E-state index contributed by atoms with van der Waals surface area (Å²) in [6.07, 6.45) is 0. The molecule has 0 atom stereocenters. The highest BCUT2D eigenvalue weighted by molar-refractivity contribution is 7.89. The van der Waals surface area contributed by atoms with Gasteiger partial charge >= 0.3 is 0 Å². The maximum Gasteiger partial charge on any atom is 0.243 e. The van der Waals surface area contributed by atoms with Crippen molar-refractivity contribution in [2.45, 2.75) is 25.3 Å². The molecular formula is C17H23FN4O2S. The van der Waals surface area contributed by atoms with Crippen LogP contribution in [0.4, 0.5) is 4.39 Å². The van der Waals surface area contributed by atoms with Crippen LogP contribution in [0.2, 0.25) is 0 Å². The second kappa shape index (κ2) is 6.86. The fourth-order valence-electron chi connectivity index (χ4n) is 3.15. The second-order valence-corrected chi connectivity index (χ2v) is 8.35.